The van der Waals surface area contributed by atoms with Crippen molar-refractivity contribution in [2.75, 3.05) is 18.4 Å². The lowest BCUT2D eigenvalue weighted by Gasteiger charge is -2.46. The van der Waals surface area contributed by atoms with Crippen molar-refractivity contribution in [3.63, 3.8) is 0 Å². The number of amides is 1. The van der Waals surface area contributed by atoms with Crippen LogP contribution in [0.4, 0.5) is 5.69 Å². The van der Waals surface area contributed by atoms with Gasteiger partial charge in [-0.05, 0) is 49.2 Å². The molecule has 0 aliphatic carbocycles. The van der Waals surface area contributed by atoms with Crippen LogP contribution in [0.1, 0.15) is 29.0 Å². The van der Waals surface area contributed by atoms with Gasteiger partial charge in [0.1, 0.15) is 0 Å². The number of nitrogens with zero attached hydrogens (tertiary/aromatic N) is 3. The molecule has 3 aromatic heterocycles. The molecular formula is C23H20N4O3. The third kappa shape index (κ3) is 2.51. The minimum Gasteiger partial charge on any atom is -0.461 e. The zero-order valence-corrected chi connectivity index (χ0v) is 16.2. The van der Waals surface area contributed by atoms with Gasteiger partial charge in [-0.25, -0.2) is 0 Å². The number of furan rings is 1. The molecule has 1 aromatic carbocycles. The molecule has 1 spiro atoms. The summed E-state index contributed by atoms with van der Waals surface area (Å²) in [5, 5.41) is 7.73. The highest BCUT2D eigenvalue weighted by atomic mass is 16.5. The van der Waals surface area contributed by atoms with Gasteiger partial charge in [0, 0.05) is 31.0 Å². The first-order valence-electron chi connectivity index (χ1n) is 10.1. The summed E-state index contributed by atoms with van der Waals surface area (Å²) in [5.41, 5.74) is 3.66. The number of hydrogen-bond donors (Lipinski definition) is 1. The first-order chi connectivity index (χ1) is 14.7. The van der Waals surface area contributed by atoms with Gasteiger partial charge >= 0.3 is 0 Å². The number of rotatable bonds is 2. The molecule has 7 heteroatoms. The maximum absolute atomic E-state index is 13.0. The maximum atomic E-state index is 13.0. The second-order valence-corrected chi connectivity index (χ2v) is 7.83. The number of hydrogen-bond acceptors (Lipinski definition) is 5. The van der Waals surface area contributed by atoms with Crippen molar-refractivity contribution in [3.8, 4) is 17.2 Å². The largest absolute Gasteiger partial charge is 0.461 e. The summed E-state index contributed by atoms with van der Waals surface area (Å²) in [6.07, 6.45) is 5.31. The highest BCUT2D eigenvalue weighted by Crippen LogP contribution is 2.43. The van der Waals surface area contributed by atoms with E-state index in [1.807, 2.05) is 11.0 Å². The molecule has 1 fully saturated rings. The molecule has 1 N–H and O–H groups in total. The molecule has 2 aliphatic rings. The molecule has 30 heavy (non-hydrogen) atoms. The average molecular weight is 400 g/mol. The number of para-hydroxylation sites is 2. The van der Waals surface area contributed by atoms with Crippen LogP contribution in [0, 0.1) is 0 Å². The molecule has 5 heterocycles. The maximum Gasteiger partial charge on any atom is 0.276 e. The fraction of sp³-hybridized carbons (Fsp3) is 0.217. The van der Waals surface area contributed by atoms with Crippen molar-refractivity contribution in [1.82, 2.24) is 14.6 Å². The van der Waals surface area contributed by atoms with Crippen molar-refractivity contribution >= 4 is 11.6 Å². The Labute approximate surface area is 172 Å². The number of benzene rings is 1. The minimum atomic E-state index is -0.183. The number of likely N-dealkylation sites (tertiary alicyclic amines) is 1. The minimum absolute atomic E-state index is 0.113. The quantitative estimate of drug-likeness (QED) is 0.543. The van der Waals surface area contributed by atoms with Crippen LogP contribution in [0.15, 0.2) is 76.0 Å². The highest BCUT2D eigenvalue weighted by molar-refractivity contribution is 5.93. The van der Waals surface area contributed by atoms with Crippen LogP contribution < -0.4 is 5.32 Å². The van der Waals surface area contributed by atoms with Crippen LogP contribution in [-0.4, -0.2) is 33.6 Å². The lowest BCUT2D eigenvalue weighted by molar-refractivity contribution is 0.0666. The summed E-state index contributed by atoms with van der Waals surface area (Å²) in [5.74, 6) is 0.906. The molecule has 0 atom stereocenters. The smallest absolute Gasteiger partial charge is 0.276 e. The van der Waals surface area contributed by atoms with E-state index in [0.29, 0.717) is 30.3 Å². The summed E-state index contributed by atoms with van der Waals surface area (Å²) >= 11 is 0. The van der Waals surface area contributed by atoms with Gasteiger partial charge in [-0.2, -0.15) is 0 Å². The summed E-state index contributed by atoms with van der Waals surface area (Å²) in [6.45, 7) is 1.28. The van der Waals surface area contributed by atoms with E-state index >= 15 is 0 Å². The standard InChI is InChI=1S/C23H20N4O3/c28-22(17-15-20(30-25-17)19-7-4-14-29-19)26-12-9-23(10-13-26)21-8-3-11-27(21)18-6-2-1-5-16(18)24-23/h1-8,11,14-15,24H,9-10,12-13H2. The topological polar surface area (TPSA) is 76.4 Å². The second kappa shape index (κ2) is 6.38. The lowest BCUT2D eigenvalue weighted by Crippen LogP contribution is -2.51. The predicted octanol–water partition coefficient (Wildman–Crippen LogP) is 4.28. The number of anilines is 1. The molecular weight excluding hydrogens is 380 g/mol. The van der Waals surface area contributed by atoms with E-state index in [2.05, 4.69) is 51.6 Å². The highest BCUT2D eigenvalue weighted by Gasteiger charge is 2.42. The number of fused-ring (bicyclic) bond motifs is 4. The summed E-state index contributed by atoms with van der Waals surface area (Å²) in [4.78, 5) is 14.8. The Bertz CT molecular complexity index is 1210. The van der Waals surface area contributed by atoms with Crippen LogP contribution in [0.2, 0.25) is 0 Å². The van der Waals surface area contributed by atoms with Gasteiger partial charge in [0.2, 0.25) is 5.76 Å². The molecule has 2 aliphatic heterocycles. The van der Waals surface area contributed by atoms with Crippen LogP contribution in [0.25, 0.3) is 17.2 Å². The Hall–Kier alpha value is -3.74. The van der Waals surface area contributed by atoms with E-state index in [1.54, 1.807) is 24.5 Å². The summed E-state index contributed by atoms with van der Waals surface area (Å²) in [6, 6.07) is 17.8. The third-order valence-corrected chi connectivity index (χ3v) is 6.17. The summed E-state index contributed by atoms with van der Waals surface area (Å²) in [7, 11) is 0. The Morgan fingerprint density at radius 3 is 2.73 bits per heavy atom. The van der Waals surface area contributed by atoms with Crippen molar-refractivity contribution in [1.29, 1.82) is 0 Å². The van der Waals surface area contributed by atoms with E-state index in [9.17, 15) is 4.79 Å². The summed E-state index contributed by atoms with van der Waals surface area (Å²) < 4.78 is 12.9. The fourth-order valence-electron chi connectivity index (χ4n) is 4.64. The van der Waals surface area contributed by atoms with Gasteiger partial charge in [-0.1, -0.05) is 17.3 Å². The van der Waals surface area contributed by atoms with Gasteiger partial charge in [-0.15, -0.1) is 0 Å². The molecule has 0 saturated carbocycles. The molecule has 6 rings (SSSR count). The van der Waals surface area contributed by atoms with Crippen molar-refractivity contribution < 1.29 is 13.7 Å². The van der Waals surface area contributed by atoms with Gasteiger partial charge in [0.25, 0.3) is 5.91 Å². The van der Waals surface area contributed by atoms with E-state index in [-0.39, 0.29) is 11.4 Å². The van der Waals surface area contributed by atoms with E-state index in [4.69, 9.17) is 8.94 Å². The third-order valence-electron chi connectivity index (χ3n) is 6.17. The monoisotopic (exact) mass is 400 g/mol. The first-order valence-corrected chi connectivity index (χ1v) is 10.1. The van der Waals surface area contributed by atoms with Crippen molar-refractivity contribution in [2.24, 2.45) is 0 Å². The number of piperidine rings is 1. The van der Waals surface area contributed by atoms with Gasteiger partial charge < -0.3 is 23.7 Å². The Balaban J connectivity index is 1.23. The van der Waals surface area contributed by atoms with E-state index < -0.39 is 0 Å². The zero-order valence-electron chi connectivity index (χ0n) is 16.2. The lowest BCUT2D eigenvalue weighted by atomic mass is 9.82. The number of carbonyl (C=O) groups excluding carboxylic acids is 1. The molecule has 0 unspecified atom stereocenters. The molecule has 1 saturated heterocycles. The SMILES string of the molecule is O=C(c1cc(-c2ccco2)on1)N1CCC2(CC1)Nc1ccccc1-n1cccc12. The van der Waals surface area contributed by atoms with E-state index in [0.717, 1.165) is 24.2 Å². The normalized spacial score (nSPS) is 16.7. The van der Waals surface area contributed by atoms with Crippen LogP contribution >= 0.6 is 0 Å². The van der Waals surface area contributed by atoms with Crippen molar-refractivity contribution in [2.45, 2.75) is 18.4 Å². The molecule has 0 radical (unpaired) electrons. The molecule has 1 amide bonds. The Kier molecular flexibility index (Phi) is 3.65. The Morgan fingerprint density at radius 2 is 1.90 bits per heavy atom. The molecule has 0 bridgehead atoms. The first kappa shape index (κ1) is 17.1. The molecule has 7 nitrogen and oxygen atoms in total. The average Bonchev–Trinajstić information content (AvgIpc) is 3.55. The predicted molar refractivity (Wildman–Crippen MR) is 110 cm³/mol. The second-order valence-electron chi connectivity index (χ2n) is 7.83. The number of aromatic nitrogens is 2. The fourth-order valence-corrected chi connectivity index (χ4v) is 4.64. The zero-order chi connectivity index (χ0) is 20.1. The Morgan fingerprint density at radius 1 is 1.03 bits per heavy atom. The molecule has 150 valence electrons. The number of nitrogens with one attached hydrogen (secondary N) is 1. The van der Waals surface area contributed by atoms with E-state index in [1.165, 1.54) is 5.69 Å². The van der Waals surface area contributed by atoms with Crippen LogP contribution in [0.5, 0.6) is 0 Å². The van der Waals surface area contributed by atoms with Gasteiger partial charge in [-0.3, -0.25) is 4.79 Å². The molecule has 4 aromatic rings. The van der Waals surface area contributed by atoms with Crippen LogP contribution in [0.3, 0.4) is 0 Å². The van der Waals surface area contributed by atoms with Crippen LogP contribution in [-0.2, 0) is 5.54 Å². The van der Waals surface area contributed by atoms with Crippen molar-refractivity contribution in [3.05, 3.63) is 78.4 Å². The number of carbonyl (C=O) groups is 1. The van der Waals surface area contributed by atoms with Gasteiger partial charge in [0.05, 0.1) is 23.2 Å². The van der Waals surface area contributed by atoms with Gasteiger partial charge in [0.15, 0.2) is 11.5 Å².